The van der Waals surface area contributed by atoms with Gasteiger partial charge in [-0.2, -0.15) is 0 Å². The van der Waals surface area contributed by atoms with E-state index in [2.05, 4.69) is 79.7 Å². The molecule has 0 N–H and O–H groups in total. The Morgan fingerprint density at radius 1 is 0.340 bits per heavy atom. The van der Waals surface area contributed by atoms with Crippen LogP contribution in [-0.4, -0.2) is 4.70 Å². The molecule has 0 saturated carbocycles. The van der Waals surface area contributed by atoms with E-state index in [-0.39, 0.29) is 0 Å². The third kappa shape index (κ3) is 13.1. The first kappa shape index (κ1) is 44.9. The predicted molar refractivity (Wildman–Crippen MR) is 235 cm³/mol. The van der Waals surface area contributed by atoms with Crippen LogP contribution in [0.3, 0.4) is 0 Å². The molecule has 0 radical (unpaired) electrons. The highest BCUT2D eigenvalue weighted by Gasteiger charge is 2.36. The summed E-state index contributed by atoms with van der Waals surface area (Å²) in [7, 11) is 0. The number of benzene rings is 2. The summed E-state index contributed by atoms with van der Waals surface area (Å²) in [5, 5.41) is 0. The second kappa shape index (κ2) is 25.6. The standard InChI is InChI=1S/C51H82N2/c1-9-17-25-27-35-49-48(34-26-18-10-2)50(44-36-40(28-19-11-3)46(32-23-15-7)41(37-44)29-20-12-4)53(52)51(49)45-38-42(30-21-13-5)47(33-24-16-8)43(39-45)31-22-14-6/h36-39H,9-35H2,1-8H3. The van der Waals surface area contributed by atoms with E-state index in [9.17, 15) is 5.53 Å². The first-order valence-electron chi connectivity index (χ1n) is 23.2. The van der Waals surface area contributed by atoms with E-state index < -0.39 is 0 Å². The highest BCUT2D eigenvalue weighted by atomic mass is 15.2. The lowest BCUT2D eigenvalue weighted by Gasteiger charge is -2.20. The van der Waals surface area contributed by atoms with E-state index in [4.69, 9.17) is 0 Å². The smallest absolute Gasteiger partial charge is 0.211 e. The van der Waals surface area contributed by atoms with Crippen LogP contribution >= 0.6 is 0 Å². The van der Waals surface area contributed by atoms with Crippen LogP contribution in [-0.2, 0) is 38.5 Å². The number of rotatable bonds is 29. The van der Waals surface area contributed by atoms with Gasteiger partial charge in [0.05, 0.1) is 0 Å². The summed E-state index contributed by atoms with van der Waals surface area (Å²) < 4.78 is 1.72. The molecule has 1 aliphatic heterocycles. The van der Waals surface area contributed by atoms with E-state index in [1.807, 2.05) is 0 Å². The second-order valence-corrected chi connectivity index (χ2v) is 16.4. The van der Waals surface area contributed by atoms with Crippen molar-refractivity contribution in [2.24, 2.45) is 0 Å². The van der Waals surface area contributed by atoms with Gasteiger partial charge in [-0.1, -0.05) is 126 Å². The summed E-state index contributed by atoms with van der Waals surface area (Å²) in [6.07, 6.45) is 32.2. The second-order valence-electron chi connectivity index (χ2n) is 16.4. The zero-order chi connectivity index (χ0) is 38.4. The van der Waals surface area contributed by atoms with Crippen LogP contribution in [0.15, 0.2) is 35.4 Å². The number of hydrogen-bond acceptors (Lipinski definition) is 0. The quantitative estimate of drug-likeness (QED) is 0.0590. The lowest BCUT2D eigenvalue weighted by Crippen LogP contribution is -2.09. The molecule has 0 unspecified atom stereocenters. The fourth-order valence-corrected chi connectivity index (χ4v) is 8.64. The lowest BCUT2D eigenvalue weighted by molar-refractivity contribution is -0.345. The number of nitrogens with zero attached hydrogens (tertiary/aromatic N) is 2. The van der Waals surface area contributed by atoms with Gasteiger partial charge >= 0.3 is 0 Å². The van der Waals surface area contributed by atoms with Crippen molar-refractivity contribution in [3.63, 3.8) is 0 Å². The number of unbranched alkanes of at least 4 members (excludes halogenated alkanes) is 11. The van der Waals surface area contributed by atoms with Gasteiger partial charge in [-0.15, -0.1) is 0 Å². The SMILES string of the molecule is CCCCCCC1=C(c2cc(CCCC)c(CCCC)c(CCCC)c2)[N+](=[N-])C(c2cc(CCCC)c(CCCC)c(CCCC)c2)=C1CCCCC. The summed E-state index contributed by atoms with van der Waals surface area (Å²) >= 11 is 0. The van der Waals surface area contributed by atoms with Crippen molar-refractivity contribution in [1.29, 1.82) is 0 Å². The van der Waals surface area contributed by atoms with Gasteiger partial charge in [0.15, 0.2) is 0 Å². The molecule has 0 bridgehead atoms. The molecule has 1 heterocycles. The average Bonchev–Trinajstić information content (AvgIpc) is 3.44. The molecule has 0 amide bonds. The zero-order valence-electron chi connectivity index (χ0n) is 36.3. The minimum Gasteiger partial charge on any atom is -0.493 e. The highest BCUT2D eigenvalue weighted by molar-refractivity contribution is 5.83. The monoisotopic (exact) mass is 723 g/mol. The molecule has 2 nitrogen and oxygen atoms in total. The maximum atomic E-state index is 12.9. The van der Waals surface area contributed by atoms with Crippen molar-refractivity contribution in [3.8, 4) is 0 Å². The molecule has 0 spiro atoms. The molecule has 0 aromatic heterocycles. The van der Waals surface area contributed by atoms with Crippen LogP contribution in [0.1, 0.15) is 235 Å². The van der Waals surface area contributed by atoms with Crippen LogP contribution in [0.5, 0.6) is 0 Å². The van der Waals surface area contributed by atoms with Crippen LogP contribution in [0.2, 0.25) is 0 Å². The van der Waals surface area contributed by atoms with Crippen molar-refractivity contribution < 1.29 is 4.70 Å². The largest absolute Gasteiger partial charge is 0.493 e. The van der Waals surface area contributed by atoms with E-state index in [0.717, 1.165) is 49.9 Å². The Bertz CT molecular complexity index is 1390. The predicted octanol–water partition coefficient (Wildman–Crippen LogP) is 16.5. The molecule has 53 heavy (non-hydrogen) atoms. The topological polar surface area (TPSA) is 25.3 Å². The molecule has 0 saturated heterocycles. The van der Waals surface area contributed by atoms with Crippen molar-refractivity contribution >= 4 is 11.4 Å². The third-order valence-corrected chi connectivity index (χ3v) is 11.8. The van der Waals surface area contributed by atoms with Gasteiger partial charge < -0.3 is 5.53 Å². The molecule has 2 aromatic carbocycles. The van der Waals surface area contributed by atoms with E-state index in [1.54, 1.807) is 38.1 Å². The van der Waals surface area contributed by atoms with Gasteiger partial charge in [-0.25, -0.2) is 4.70 Å². The number of aryl methyl sites for hydroxylation is 4. The van der Waals surface area contributed by atoms with Crippen LogP contribution in [0, 0.1) is 0 Å². The van der Waals surface area contributed by atoms with Gasteiger partial charge in [-0.3, -0.25) is 0 Å². The van der Waals surface area contributed by atoms with Crippen molar-refractivity contribution in [2.75, 3.05) is 0 Å². The first-order valence-corrected chi connectivity index (χ1v) is 23.2. The highest BCUT2D eigenvalue weighted by Crippen LogP contribution is 2.46. The molecule has 0 fully saturated rings. The van der Waals surface area contributed by atoms with Gasteiger partial charge in [-0.05, 0) is 160 Å². The minimum atomic E-state index is 1.04. The normalized spacial score (nSPS) is 13.3. The van der Waals surface area contributed by atoms with E-state index in [0.29, 0.717) is 0 Å². The Morgan fingerprint density at radius 2 is 0.623 bits per heavy atom. The Labute approximate surface area is 329 Å². The van der Waals surface area contributed by atoms with Crippen LogP contribution in [0.4, 0.5) is 0 Å². The molecular formula is C51H82N2. The number of allylic oxidation sites excluding steroid dienone is 2. The maximum absolute atomic E-state index is 12.9. The Morgan fingerprint density at radius 3 is 0.943 bits per heavy atom. The Balaban J connectivity index is 2.37. The number of hydrogen-bond donors (Lipinski definition) is 0. The van der Waals surface area contributed by atoms with Gasteiger partial charge in [0, 0.05) is 22.3 Å². The molecule has 2 heteroatoms. The van der Waals surface area contributed by atoms with Crippen LogP contribution in [0.25, 0.3) is 16.9 Å². The summed E-state index contributed by atoms with van der Waals surface area (Å²) in [5.74, 6) is 0. The molecular weight excluding hydrogens is 641 g/mol. The first-order chi connectivity index (χ1) is 25.9. The van der Waals surface area contributed by atoms with Crippen molar-refractivity contribution in [3.05, 3.63) is 85.5 Å². The van der Waals surface area contributed by atoms with Crippen molar-refractivity contribution in [1.82, 2.24) is 0 Å². The average molecular weight is 723 g/mol. The summed E-state index contributed by atoms with van der Waals surface area (Å²) in [5.41, 5.74) is 29.8. The summed E-state index contributed by atoms with van der Waals surface area (Å²) in [6.45, 7) is 18.6. The molecule has 296 valence electrons. The Hall–Kier alpha value is -2.48. The van der Waals surface area contributed by atoms with Gasteiger partial charge in [0.1, 0.15) is 0 Å². The van der Waals surface area contributed by atoms with Gasteiger partial charge in [0.2, 0.25) is 11.4 Å². The Kier molecular flexibility index (Phi) is 21.7. The van der Waals surface area contributed by atoms with Gasteiger partial charge in [0.25, 0.3) is 0 Å². The molecule has 0 aliphatic carbocycles. The van der Waals surface area contributed by atoms with Crippen molar-refractivity contribution in [2.45, 2.75) is 229 Å². The lowest BCUT2D eigenvalue weighted by atomic mass is 9.86. The summed E-state index contributed by atoms with van der Waals surface area (Å²) in [6, 6.07) is 10.1. The zero-order valence-corrected chi connectivity index (χ0v) is 36.3. The fourth-order valence-electron chi connectivity index (χ4n) is 8.64. The van der Waals surface area contributed by atoms with E-state index in [1.165, 1.54) is 157 Å². The molecule has 2 aromatic rings. The summed E-state index contributed by atoms with van der Waals surface area (Å²) in [4.78, 5) is 0. The molecule has 3 rings (SSSR count). The minimum absolute atomic E-state index is 1.04. The fraction of sp³-hybridized carbons (Fsp3) is 0.686. The molecule has 0 atom stereocenters. The van der Waals surface area contributed by atoms with Crippen LogP contribution < -0.4 is 0 Å². The maximum Gasteiger partial charge on any atom is 0.211 e. The molecule has 1 aliphatic rings. The third-order valence-electron chi connectivity index (χ3n) is 11.8. The van der Waals surface area contributed by atoms with E-state index >= 15 is 0 Å².